The van der Waals surface area contributed by atoms with E-state index in [9.17, 15) is 9.59 Å². The molecular formula is C19H24N4O2S. The molecule has 2 aliphatic heterocycles. The summed E-state index contributed by atoms with van der Waals surface area (Å²) in [6, 6.07) is 8.22. The fraction of sp³-hybridized carbons (Fsp3) is 0.474. The molecule has 1 saturated heterocycles. The number of carbonyl (C=O) groups is 2. The Morgan fingerprint density at radius 1 is 1.04 bits per heavy atom. The SMILES string of the molecule is CC1c2cccn2CCN1CC(=O)N1CCN(C(=O)c2cccs2)CC1. The lowest BCUT2D eigenvalue weighted by Gasteiger charge is -2.38. The van der Waals surface area contributed by atoms with Crippen molar-refractivity contribution in [1.29, 1.82) is 0 Å². The molecule has 1 atom stereocenters. The highest BCUT2D eigenvalue weighted by molar-refractivity contribution is 7.12. The molecule has 2 aromatic heterocycles. The minimum atomic E-state index is 0.0810. The molecule has 0 aromatic carbocycles. The molecule has 6 nitrogen and oxygen atoms in total. The average molecular weight is 372 g/mol. The van der Waals surface area contributed by atoms with E-state index < -0.39 is 0 Å². The number of nitrogens with zero attached hydrogens (tertiary/aromatic N) is 4. The number of piperazine rings is 1. The van der Waals surface area contributed by atoms with E-state index >= 15 is 0 Å². The summed E-state index contributed by atoms with van der Waals surface area (Å²) in [4.78, 5) is 31.9. The molecule has 2 aliphatic rings. The van der Waals surface area contributed by atoms with Crippen LogP contribution < -0.4 is 0 Å². The number of fused-ring (bicyclic) bond motifs is 1. The maximum Gasteiger partial charge on any atom is 0.264 e. The van der Waals surface area contributed by atoms with E-state index in [1.54, 1.807) is 0 Å². The van der Waals surface area contributed by atoms with Crippen LogP contribution in [0.3, 0.4) is 0 Å². The largest absolute Gasteiger partial charge is 0.349 e. The van der Waals surface area contributed by atoms with Crippen LogP contribution in [0.1, 0.15) is 28.3 Å². The van der Waals surface area contributed by atoms with Gasteiger partial charge in [0.1, 0.15) is 0 Å². The van der Waals surface area contributed by atoms with Crippen LogP contribution in [-0.2, 0) is 11.3 Å². The quantitative estimate of drug-likeness (QED) is 0.827. The van der Waals surface area contributed by atoms with E-state index in [1.165, 1.54) is 17.0 Å². The number of rotatable bonds is 3. The van der Waals surface area contributed by atoms with Gasteiger partial charge in [0.2, 0.25) is 5.91 Å². The molecule has 1 unspecified atom stereocenters. The number of amides is 2. The van der Waals surface area contributed by atoms with Crippen molar-refractivity contribution in [3.05, 3.63) is 46.4 Å². The Kier molecular flexibility index (Phi) is 4.82. The first-order chi connectivity index (χ1) is 12.6. The minimum Gasteiger partial charge on any atom is -0.349 e. The summed E-state index contributed by atoms with van der Waals surface area (Å²) in [5.41, 5.74) is 1.27. The van der Waals surface area contributed by atoms with Crippen LogP contribution >= 0.6 is 11.3 Å². The van der Waals surface area contributed by atoms with Crippen LogP contribution in [0.4, 0.5) is 0 Å². The monoisotopic (exact) mass is 372 g/mol. The Morgan fingerprint density at radius 3 is 2.54 bits per heavy atom. The molecule has 0 spiro atoms. The topological polar surface area (TPSA) is 48.8 Å². The van der Waals surface area contributed by atoms with Crippen LogP contribution in [0.2, 0.25) is 0 Å². The van der Waals surface area contributed by atoms with Crippen molar-refractivity contribution in [1.82, 2.24) is 19.3 Å². The number of aromatic nitrogens is 1. The lowest BCUT2D eigenvalue weighted by molar-refractivity contribution is -0.134. The van der Waals surface area contributed by atoms with Gasteiger partial charge in [-0.15, -0.1) is 11.3 Å². The maximum absolute atomic E-state index is 12.7. The highest BCUT2D eigenvalue weighted by Crippen LogP contribution is 2.25. The van der Waals surface area contributed by atoms with Gasteiger partial charge in [-0.2, -0.15) is 0 Å². The van der Waals surface area contributed by atoms with E-state index in [0.29, 0.717) is 32.7 Å². The van der Waals surface area contributed by atoms with E-state index in [1.807, 2.05) is 27.3 Å². The normalized spacial score (nSPS) is 20.9. The van der Waals surface area contributed by atoms with Crippen LogP contribution in [0, 0.1) is 0 Å². The Bertz CT molecular complexity index is 777. The molecular weight excluding hydrogens is 348 g/mol. The summed E-state index contributed by atoms with van der Waals surface area (Å²) in [6.07, 6.45) is 2.11. The molecule has 2 aromatic rings. The molecule has 0 aliphatic carbocycles. The van der Waals surface area contributed by atoms with Crippen molar-refractivity contribution in [2.24, 2.45) is 0 Å². The first kappa shape index (κ1) is 17.3. The van der Waals surface area contributed by atoms with Gasteiger partial charge in [-0.1, -0.05) is 6.07 Å². The average Bonchev–Trinajstić information content (AvgIpc) is 3.35. The van der Waals surface area contributed by atoms with E-state index in [0.717, 1.165) is 18.0 Å². The van der Waals surface area contributed by atoms with Crippen molar-refractivity contribution < 1.29 is 9.59 Å². The van der Waals surface area contributed by atoms with E-state index in [-0.39, 0.29) is 17.9 Å². The first-order valence-electron chi connectivity index (χ1n) is 9.13. The standard InChI is InChI=1S/C19H24N4O2S/c1-15-16-4-2-6-20(16)7-12-23(15)14-18(24)21-8-10-22(11-9-21)19(25)17-5-3-13-26-17/h2-6,13,15H,7-12,14H2,1H3. The Labute approximate surface area is 157 Å². The summed E-state index contributed by atoms with van der Waals surface area (Å²) in [5, 5.41) is 1.92. The zero-order chi connectivity index (χ0) is 18.1. The maximum atomic E-state index is 12.7. The zero-order valence-corrected chi connectivity index (χ0v) is 15.8. The van der Waals surface area contributed by atoms with E-state index in [2.05, 4.69) is 34.7 Å². The summed E-state index contributed by atoms with van der Waals surface area (Å²) < 4.78 is 2.26. The molecule has 2 amide bonds. The van der Waals surface area contributed by atoms with Crippen molar-refractivity contribution >= 4 is 23.2 Å². The first-order valence-corrected chi connectivity index (χ1v) is 10.0. The molecule has 0 saturated carbocycles. The smallest absolute Gasteiger partial charge is 0.264 e. The summed E-state index contributed by atoms with van der Waals surface area (Å²) in [5.74, 6) is 0.248. The number of hydrogen-bond donors (Lipinski definition) is 0. The Balaban J connectivity index is 1.31. The summed E-state index contributed by atoms with van der Waals surface area (Å²) >= 11 is 1.47. The Hall–Kier alpha value is -2.12. The second-order valence-corrected chi connectivity index (χ2v) is 7.87. The van der Waals surface area contributed by atoms with Gasteiger partial charge < -0.3 is 14.4 Å². The molecule has 0 N–H and O–H groups in total. The summed E-state index contributed by atoms with van der Waals surface area (Å²) in [6.45, 7) is 6.90. The molecule has 4 heterocycles. The fourth-order valence-corrected chi connectivity index (χ4v) is 4.52. The van der Waals surface area contributed by atoms with Crippen LogP contribution in [0.15, 0.2) is 35.8 Å². The molecule has 7 heteroatoms. The molecule has 138 valence electrons. The Morgan fingerprint density at radius 2 is 1.81 bits per heavy atom. The highest BCUT2D eigenvalue weighted by atomic mass is 32.1. The van der Waals surface area contributed by atoms with Crippen molar-refractivity contribution in [3.63, 3.8) is 0 Å². The second-order valence-electron chi connectivity index (χ2n) is 6.92. The zero-order valence-electron chi connectivity index (χ0n) is 15.0. The lowest BCUT2D eigenvalue weighted by atomic mass is 10.1. The van der Waals surface area contributed by atoms with Gasteiger partial charge in [-0.05, 0) is 30.5 Å². The number of thiophene rings is 1. The highest BCUT2D eigenvalue weighted by Gasteiger charge is 2.29. The third-order valence-electron chi connectivity index (χ3n) is 5.46. The van der Waals surface area contributed by atoms with Crippen molar-refractivity contribution in [2.75, 3.05) is 39.3 Å². The van der Waals surface area contributed by atoms with Gasteiger partial charge in [-0.3, -0.25) is 14.5 Å². The van der Waals surface area contributed by atoms with Crippen LogP contribution in [0.25, 0.3) is 0 Å². The van der Waals surface area contributed by atoms with Crippen LogP contribution in [0.5, 0.6) is 0 Å². The van der Waals surface area contributed by atoms with Gasteiger partial charge in [0.15, 0.2) is 0 Å². The summed E-state index contributed by atoms with van der Waals surface area (Å²) in [7, 11) is 0. The fourth-order valence-electron chi connectivity index (χ4n) is 3.83. The van der Waals surface area contributed by atoms with E-state index in [4.69, 9.17) is 0 Å². The molecule has 0 radical (unpaired) electrons. The number of hydrogen-bond acceptors (Lipinski definition) is 4. The second kappa shape index (κ2) is 7.25. The third-order valence-corrected chi connectivity index (χ3v) is 6.32. The molecule has 4 rings (SSSR count). The van der Waals surface area contributed by atoms with Crippen molar-refractivity contribution in [3.8, 4) is 0 Å². The molecule has 0 bridgehead atoms. The molecule has 1 fully saturated rings. The lowest BCUT2D eigenvalue weighted by Crippen LogP contribution is -2.53. The third kappa shape index (κ3) is 3.29. The van der Waals surface area contributed by atoms with Crippen LogP contribution in [-0.4, -0.2) is 70.3 Å². The predicted octanol–water partition coefficient (Wildman–Crippen LogP) is 1.91. The van der Waals surface area contributed by atoms with Gasteiger partial charge in [0.25, 0.3) is 5.91 Å². The minimum absolute atomic E-state index is 0.0810. The van der Waals surface area contributed by atoms with Gasteiger partial charge in [-0.25, -0.2) is 0 Å². The van der Waals surface area contributed by atoms with Gasteiger partial charge in [0.05, 0.1) is 11.4 Å². The predicted molar refractivity (Wildman–Crippen MR) is 101 cm³/mol. The van der Waals surface area contributed by atoms with Crippen molar-refractivity contribution in [2.45, 2.75) is 19.5 Å². The number of carbonyl (C=O) groups excluding carboxylic acids is 2. The van der Waals surface area contributed by atoms with Gasteiger partial charge >= 0.3 is 0 Å². The van der Waals surface area contributed by atoms with Gasteiger partial charge in [0, 0.05) is 57.2 Å². The molecule has 26 heavy (non-hydrogen) atoms.